The van der Waals surface area contributed by atoms with Gasteiger partial charge in [0.2, 0.25) is 0 Å². The Labute approximate surface area is 298 Å². The summed E-state index contributed by atoms with van der Waals surface area (Å²) in [5, 5.41) is 32.1. The fraction of sp³-hybridized carbons (Fsp3) is 0.244. The Morgan fingerprint density at radius 3 is 2.02 bits per heavy atom. The van der Waals surface area contributed by atoms with E-state index < -0.39 is 11.3 Å². The van der Waals surface area contributed by atoms with E-state index in [-0.39, 0.29) is 18.0 Å². The zero-order valence-electron chi connectivity index (χ0n) is 28.5. The molecular weight excluding hydrogens is 660 g/mol. The third-order valence-corrected chi connectivity index (χ3v) is 9.77. The van der Waals surface area contributed by atoms with Gasteiger partial charge in [-0.25, -0.2) is 9.59 Å². The van der Waals surface area contributed by atoms with Crippen LogP contribution >= 0.6 is 0 Å². The first kappa shape index (κ1) is 33.5. The fourth-order valence-electron chi connectivity index (χ4n) is 7.05. The van der Waals surface area contributed by atoms with Gasteiger partial charge in [-0.1, -0.05) is 30.3 Å². The number of pyridine rings is 1. The van der Waals surface area contributed by atoms with Crippen LogP contribution in [0.3, 0.4) is 0 Å². The van der Waals surface area contributed by atoms with Crippen molar-refractivity contribution in [2.75, 3.05) is 39.4 Å². The molecule has 0 radical (unpaired) electrons. The number of phenolic OH excluding ortho intramolecular Hbond substituents is 2. The van der Waals surface area contributed by atoms with Crippen LogP contribution in [0.25, 0.3) is 54.7 Å². The minimum Gasteiger partial charge on any atom is -0.507 e. The predicted molar refractivity (Wildman–Crippen MR) is 201 cm³/mol. The van der Waals surface area contributed by atoms with E-state index >= 15 is 0 Å². The quantitative estimate of drug-likeness (QED) is 0.0740. The lowest BCUT2D eigenvalue weighted by Gasteiger charge is -2.26. The molecule has 0 amide bonds. The van der Waals surface area contributed by atoms with Gasteiger partial charge in [-0.15, -0.1) is 0 Å². The van der Waals surface area contributed by atoms with Crippen LogP contribution in [-0.4, -0.2) is 59.5 Å². The molecule has 7 aromatic rings. The van der Waals surface area contributed by atoms with E-state index in [2.05, 4.69) is 15.5 Å². The van der Waals surface area contributed by atoms with Crippen LogP contribution in [0.4, 0.5) is 0 Å². The summed E-state index contributed by atoms with van der Waals surface area (Å²) in [7, 11) is 0. The lowest BCUT2D eigenvalue weighted by Crippen LogP contribution is -2.37. The summed E-state index contributed by atoms with van der Waals surface area (Å²) in [4.78, 5) is 33.2. The molecule has 8 rings (SSSR count). The van der Waals surface area contributed by atoms with Crippen molar-refractivity contribution in [2.45, 2.75) is 26.1 Å². The monoisotopic (exact) mass is 698 g/mol. The van der Waals surface area contributed by atoms with Crippen molar-refractivity contribution in [1.82, 2.24) is 20.5 Å². The van der Waals surface area contributed by atoms with Crippen molar-refractivity contribution in [3.8, 4) is 22.8 Å². The van der Waals surface area contributed by atoms with Gasteiger partial charge in [0.25, 0.3) is 0 Å². The largest absolute Gasteiger partial charge is 0.507 e. The van der Waals surface area contributed by atoms with E-state index in [0.29, 0.717) is 57.2 Å². The van der Waals surface area contributed by atoms with Crippen molar-refractivity contribution in [3.05, 3.63) is 123 Å². The van der Waals surface area contributed by atoms with E-state index in [9.17, 15) is 19.8 Å². The Balaban J connectivity index is 1.01. The highest BCUT2D eigenvalue weighted by Gasteiger charge is 2.17. The average Bonchev–Trinajstić information content (AvgIpc) is 3.17. The maximum Gasteiger partial charge on any atom is 0.344 e. The van der Waals surface area contributed by atoms with Gasteiger partial charge < -0.3 is 34.4 Å². The summed E-state index contributed by atoms with van der Waals surface area (Å²) in [6.45, 7) is 6.12. The minimum absolute atomic E-state index is 0.0315. The fourth-order valence-corrected chi connectivity index (χ4v) is 7.05. The van der Waals surface area contributed by atoms with Crippen LogP contribution in [-0.2, 0) is 24.4 Å². The summed E-state index contributed by atoms with van der Waals surface area (Å²) in [6.07, 6.45) is 0.949. The highest BCUT2D eigenvalue weighted by atomic mass is 16.5. The van der Waals surface area contributed by atoms with E-state index in [1.807, 2.05) is 42.5 Å². The molecule has 0 aliphatic carbocycles. The minimum atomic E-state index is -0.473. The van der Waals surface area contributed by atoms with Gasteiger partial charge in [-0.05, 0) is 79.5 Å². The summed E-state index contributed by atoms with van der Waals surface area (Å²) in [5.41, 5.74) is 3.11. The van der Waals surface area contributed by atoms with Gasteiger partial charge in [0.15, 0.2) is 0 Å². The number of nitrogens with one attached hydrogen (secondary N) is 2. The molecular formula is C41H38N4O7. The van der Waals surface area contributed by atoms with Crippen molar-refractivity contribution >= 4 is 43.5 Å². The number of ether oxygens (including phenoxy) is 1. The van der Waals surface area contributed by atoms with Crippen molar-refractivity contribution in [1.29, 1.82) is 0 Å². The van der Waals surface area contributed by atoms with Gasteiger partial charge >= 0.3 is 11.3 Å². The second-order valence-corrected chi connectivity index (χ2v) is 13.1. The van der Waals surface area contributed by atoms with E-state index in [4.69, 9.17) is 18.6 Å². The van der Waals surface area contributed by atoms with Crippen molar-refractivity contribution in [2.24, 2.45) is 0 Å². The lowest BCUT2D eigenvalue weighted by atomic mass is 10.0. The van der Waals surface area contributed by atoms with Gasteiger partial charge in [0, 0.05) is 54.4 Å². The number of benzene rings is 4. The first-order chi connectivity index (χ1) is 25.4. The number of rotatable bonds is 11. The van der Waals surface area contributed by atoms with Crippen LogP contribution in [0, 0.1) is 0 Å². The number of aromatic nitrogens is 1. The van der Waals surface area contributed by atoms with Crippen LogP contribution in [0.5, 0.6) is 11.5 Å². The lowest BCUT2D eigenvalue weighted by molar-refractivity contribution is 0.0374. The van der Waals surface area contributed by atoms with Crippen molar-refractivity contribution < 1.29 is 23.8 Å². The zero-order chi connectivity index (χ0) is 35.6. The number of fused-ring (bicyclic) bond motifs is 6. The first-order valence-electron chi connectivity index (χ1n) is 17.5. The molecule has 3 aromatic heterocycles. The topological polar surface area (TPSA) is 150 Å². The molecule has 1 saturated heterocycles. The highest BCUT2D eigenvalue weighted by Crippen LogP contribution is 2.34. The molecule has 1 aliphatic rings. The second kappa shape index (κ2) is 14.6. The number of morpholine rings is 1. The molecule has 1 fully saturated rings. The maximum atomic E-state index is 13.2. The summed E-state index contributed by atoms with van der Waals surface area (Å²) in [5.74, 6) is 0.102. The molecule has 0 spiro atoms. The molecule has 11 heteroatoms. The number of hydrogen-bond acceptors (Lipinski definition) is 11. The molecule has 0 atom stereocenters. The number of aromatic hydroxyl groups is 2. The number of hydrogen-bond donors (Lipinski definition) is 4. The Hall–Kier alpha value is -5.59. The first-order valence-corrected chi connectivity index (χ1v) is 17.5. The molecule has 4 heterocycles. The van der Waals surface area contributed by atoms with Gasteiger partial charge in [-0.3, -0.25) is 9.88 Å². The molecule has 4 N–H and O–H groups in total. The Kier molecular flexibility index (Phi) is 9.40. The molecule has 1 aliphatic heterocycles. The molecule has 0 saturated carbocycles. The standard InChI is InChI=1S/C41H38N4O7/c46-36-14-12-29-32-21-25(9-10-31(32)41(49)52-39(29)33(36)23-42-15-4-16-45-17-19-50-20-18-45)35-8-3-5-26(44-35)22-43-24-34-37(47)13-11-28-27-6-1-2-7-30(27)40(48)51-38(28)34/h1-3,5-14,21,42-43,46-47H,4,15-20,22-24H2. The van der Waals surface area contributed by atoms with Crippen LogP contribution in [0.2, 0.25) is 0 Å². The molecule has 11 nitrogen and oxygen atoms in total. The Bertz CT molecular complexity index is 2560. The molecule has 0 bridgehead atoms. The second-order valence-electron chi connectivity index (χ2n) is 13.1. The summed E-state index contributed by atoms with van der Waals surface area (Å²) in [6, 6.07) is 25.3. The van der Waals surface area contributed by atoms with E-state index in [1.54, 1.807) is 42.5 Å². The van der Waals surface area contributed by atoms with Crippen LogP contribution in [0.15, 0.2) is 103 Å². The SMILES string of the molecule is O=c1oc2c(CNCCCN3CCOCC3)c(O)ccc2c2cc(-c3cccc(CNCc4c(O)ccc5c4oc(=O)c4ccccc45)n3)ccc12. The van der Waals surface area contributed by atoms with Crippen LogP contribution in [0.1, 0.15) is 23.2 Å². The normalized spacial score (nSPS) is 13.8. The van der Waals surface area contributed by atoms with Gasteiger partial charge in [0.05, 0.1) is 46.5 Å². The Morgan fingerprint density at radius 1 is 0.654 bits per heavy atom. The molecule has 52 heavy (non-hydrogen) atoms. The Morgan fingerprint density at radius 2 is 1.29 bits per heavy atom. The number of phenols is 2. The van der Waals surface area contributed by atoms with E-state index in [0.717, 1.165) is 73.2 Å². The predicted octanol–water partition coefficient (Wildman–Crippen LogP) is 5.78. The zero-order valence-corrected chi connectivity index (χ0v) is 28.5. The summed E-state index contributed by atoms with van der Waals surface area (Å²) >= 11 is 0. The van der Waals surface area contributed by atoms with E-state index in [1.165, 1.54) is 0 Å². The third-order valence-electron chi connectivity index (χ3n) is 9.77. The maximum absolute atomic E-state index is 13.2. The highest BCUT2D eigenvalue weighted by molar-refractivity contribution is 6.07. The van der Waals surface area contributed by atoms with Gasteiger partial charge in [0.1, 0.15) is 22.7 Å². The van der Waals surface area contributed by atoms with Crippen LogP contribution < -0.4 is 21.9 Å². The third kappa shape index (κ3) is 6.62. The summed E-state index contributed by atoms with van der Waals surface area (Å²) < 4.78 is 16.9. The molecule has 264 valence electrons. The molecule has 0 unspecified atom stereocenters. The molecule has 4 aromatic carbocycles. The van der Waals surface area contributed by atoms with Crippen molar-refractivity contribution in [3.63, 3.8) is 0 Å². The smallest absolute Gasteiger partial charge is 0.344 e. The van der Waals surface area contributed by atoms with Gasteiger partial charge in [-0.2, -0.15) is 0 Å². The average molecular weight is 699 g/mol. The number of nitrogens with zero attached hydrogens (tertiary/aromatic N) is 2.